The summed E-state index contributed by atoms with van der Waals surface area (Å²) in [4.78, 5) is 27.3. The number of aromatic amines is 1. The second-order valence-corrected chi connectivity index (χ2v) is 5.24. The van der Waals surface area contributed by atoms with Gasteiger partial charge in [-0.3, -0.25) is 20.4 Å². The van der Waals surface area contributed by atoms with Gasteiger partial charge in [-0.05, 0) is 23.8 Å². The van der Waals surface area contributed by atoms with Gasteiger partial charge in [-0.2, -0.15) is 0 Å². The number of hydrazine groups is 1. The van der Waals surface area contributed by atoms with Crippen LogP contribution < -0.4 is 15.6 Å². The molecule has 0 saturated carbocycles. The molecular weight excluding hydrogens is 306 g/mol. The number of hydrogen-bond donors (Lipinski definition) is 3. The van der Waals surface area contributed by atoms with Crippen LogP contribution in [-0.4, -0.2) is 23.9 Å². The Morgan fingerprint density at radius 2 is 1.79 bits per heavy atom. The quantitative estimate of drug-likeness (QED) is 0.644. The highest BCUT2D eigenvalue weighted by atomic mass is 16.5. The van der Waals surface area contributed by atoms with Crippen LogP contribution in [0.4, 0.5) is 0 Å². The van der Waals surface area contributed by atoms with Gasteiger partial charge in [0.25, 0.3) is 5.91 Å². The number of para-hydroxylation sites is 2. The molecule has 0 radical (unpaired) electrons. The van der Waals surface area contributed by atoms with Crippen molar-refractivity contribution in [2.24, 2.45) is 0 Å². The zero-order valence-electron chi connectivity index (χ0n) is 13.1. The first-order valence-corrected chi connectivity index (χ1v) is 7.46. The molecule has 0 saturated heterocycles. The maximum Gasteiger partial charge on any atom is 0.273 e. The minimum Gasteiger partial charge on any atom is -0.496 e. The van der Waals surface area contributed by atoms with Crippen LogP contribution in [0.5, 0.6) is 5.75 Å². The molecule has 3 aromatic rings. The van der Waals surface area contributed by atoms with Crippen LogP contribution in [0.3, 0.4) is 0 Å². The summed E-state index contributed by atoms with van der Waals surface area (Å²) < 4.78 is 5.13. The molecule has 0 fully saturated rings. The number of rotatable bonds is 4. The van der Waals surface area contributed by atoms with E-state index in [1.54, 1.807) is 30.5 Å². The summed E-state index contributed by atoms with van der Waals surface area (Å²) in [7, 11) is 1.49. The largest absolute Gasteiger partial charge is 0.496 e. The third kappa shape index (κ3) is 3.22. The Labute approximate surface area is 138 Å². The van der Waals surface area contributed by atoms with Crippen molar-refractivity contribution in [3.63, 3.8) is 0 Å². The fourth-order valence-electron chi connectivity index (χ4n) is 2.52. The Kier molecular flexibility index (Phi) is 4.47. The molecule has 3 N–H and O–H groups in total. The number of benzene rings is 2. The molecule has 0 unspecified atom stereocenters. The van der Waals surface area contributed by atoms with E-state index in [0.717, 1.165) is 16.5 Å². The summed E-state index contributed by atoms with van der Waals surface area (Å²) >= 11 is 0. The number of hydrogen-bond acceptors (Lipinski definition) is 3. The monoisotopic (exact) mass is 323 g/mol. The first kappa shape index (κ1) is 15.6. The molecular formula is C18H17N3O3. The zero-order valence-corrected chi connectivity index (χ0v) is 13.1. The zero-order chi connectivity index (χ0) is 16.9. The van der Waals surface area contributed by atoms with Crippen molar-refractivity contribution in [1.82, 2.24) is 15.8 Å². The summed E-state index contributed by atoms with van der Waals surface area (Å²) in [5, 5.41) is 0.990. The van der Waals surface area contributed by atoms with Crippen LogP contribution in [-0.2, 0) is 11.2 Å². The first-order chi connectivity index (χ1) is 11.7. The van der Waals surface area contributed by atoms with E-state index >= 15 is 0 Å². The topological polar surface area (TPSA) is 83.2 Å². The third-order valence-corrected chi connectivity index (χ3v) is 3.69. The molecule has 6 heteroatoms. The van der Waals surface area contributed by atoms with E-state index < -0.39 is 5.91 Å². The van der Waals surface area contributed by atoms with Crippen molar-refractivity contribution >= 4 is 22.7 Å². The van der Waals surface area contributed by atoms with Gasteiger partial charge in [-0.25, -0.2) is 0 Å². The van der Waals surface area contributed by atoms with Gasteiger partial charge in [0.15, 0.2) is 0 Å². The molecule has 0 atom stereocenters. The molecule has 0 aliphatic carbocycles. The number of aromatic nitrogens is 1. The molecule has 0 spiro atoms. The average Bonchev–Trinajstić information content (AvgIpc) is 3.02. The van der Waals surface area contributed by atoms with E-state index in [9.17, 15) is 9.59 Å². The molecule has 122 valence electrons. The van der Waals surface area contributed by atoms with Gasteiger partial charge in [0.05, 0.1) is 19.1 Å². The van der Waals surface area contributed by atoms with Crippen molar-refractivity contribution in [3.8, 4) is 5.75 Å². The van der Waals surface area contributed by atoms with Crippen LogP contribution in [0.1, 0.15) is 15.9 Å². The van der Waals surface area contributed by atoms with Crippen molar-refractivity contribution in [3.05, 3.63) is 65.9 Å². The Morgan fingerprint density at radius 1 is 1.04 bits per heavy atom. The van der Waals surface area contributed by atoms with E-state index in [1.807, 2.05) is 24.3 Å². The number of H-pyrrole nitrogens is 1. The number of carbonyl (C=O) groups is 2. The van der Waals surface area contributed by atoms with E-state index in [2.05, 4.69) is 15.8 Å². The van der Waals surface area contributed by atoms with Crippen molar-refractivity contribution in [1.29, 1.82) is 0 Å². The highest BCUT2D eigenvalue weighted by Crippen LogP contribution is 2.18. The highest BCUT2D eigenvalue weighted by Gasteiger charge is 2.13. The molecule has 2 amide bonds. The van der Waals surface area contributed by atoms with Gasteiger partial charge in [0.1, 0.15) is 5.75 Å². The minimum atomic E-state index is -0.431. The van der Waals surface area contributed by atoms with Gasteiger partial charge in [-0.1, -0.05) is 30.3 Å². The molecule has 0 aliphatic rings. The summed E-state index contributed by atoms with van der Waals surface area (Å²) in [5.41, 5.74) is 7.03. The van der Waals surface area contributed by atoms with Crippen LogP contribution in [0.2, 0.25) is 0 Å². The van der Waals surface area contributed by atoms with Crippen LogP contribution in [0.15, 0.2) is 54.7 Å². The fourth-order valence-corrected chi connectivity index (χ4v) is 2.52. The summed E-state index contributed by atoms with van der Waals surface area (Å²) in [6.07, 6.45) is 1.96. The lowest BCUT2D eigenvalue weighted by atomic mass is 10.1. The van der Waals surface area contributed by atoms with Gasteiger partial charge >= 0.3 is 0 Å². The molecule has 24 heavy (non-hydrogen) atoms. The van der Waals surface area contributed by atoms with Crippen molar-refractivity contribution < 1.29 is 14.3 Å². The standard InChI is InChI=1S/C18H17N3O3/c1-24-16-9-5-3-7-14(16)18(23)21-20-17(22)10-12-11-19-15-8-4-2-6-13(12)15/h2-9,11,19H,10H2,1H3,(H,20,22)(H,21,23). The summed E-state index contributed by atoms with van der Waals surface area (Å²) in [6, 6.07) is 14.5. The number of fused-ring (bicyclic) bond motifs is 1. The van der Waals surface area contributed by atoms with Gasteiger partial charge in [-0.15, -0.1) is 0 Å². The average molecular weight is 323 g/mol. The fraction of sp³-hybridized carbons (Fsp3) is 0.111. The second-order valence-electron chi connectivity index (χ2n) is 5.24. The van der Waals surface area contributed by atoms with Crippen LogP contribution in [0, 0.1) is 0 Å². The Hall–Kier alpha value is -3.28. The maximum atomic E-state index is 12.1. The molecule has 1 heterocycles. The van der Waals surface area contributed by atoms with E-state index in [4.69, 9.17) is 4.74 Å². The molecule has 0 bridgehead atoms. The molecule has 0 aliphatic heterocycles. The Balaban J connectivity index is 1.62. The van der Waals surface area contributed by atoms with Crippen LogP contribution >= 0.6 is 0 Å². The van der Waals surface area contributed by atoms with E-state index in [0.29, 0.717) is 11.3 Å². The number of nitrogens with one attached hydrogen (secondary N) is 3. The van der Waals surface area contributed by atoms with Gasteiger partial charge < -0.3 is 9.72 Å². The smallest absolute Gasteiger partial charge is 0.273 e. The molecule has 1 aromatic heterocycles. The van der Waals surface area contributed by atoms with E-state index in [1.165, 1.54) is 7.11 Å². The second kappa shape index (κ2) is 6.87. The molecule has 2 aromatic carbocycles. The predicted molar refractivity (Wildman–Crippen MR) is 90.6 cm³/mol. The van der Waals surface area contributed by atoms with Crippen molar-refractivity contribution in [2.75, 3.05) is 7.11 Å². The lowest BCUT2D eigenvalue weighted by molar-refractivity contribution is -0.121. The lowest BCUT2D eigenvalue weighted by Gasteiger charge is -2.10. The minimum absolute atomic E-state index is 0.163. The summed E-state index contributed by atoms with van der Waals surface area (Å²) in [5.74, 6) is -0.288. The predicted octanol–water partition coefficient (Wildman–Crippen LogP) is 2.18. The molecule has 3 rings (SSSR count). The Bertz CT molecular complexity index is 886. The SMILES string of the molecule is COc1ccccc1C(=O)NNC(=O)Cc1c[nH]c2ccccc12. The molecule has 6 nitrogen and oxygen atoms in total. The maximum absolute atomic E-state index is 12.1. The first-order valence-electron chi connectivity index (χ1n) is 7.46. The van der Waals surface area contributed by atoms with Gasteiger partial charge in [0.2, 0.25) is 5.91 Å². The third-order valence-electron chi connectivity index (χ3n) is 3.69. The van der Waals surface area contributed by atoms with Crippen LogP contribution in [0.25, 0.3) is 10.9 Å². The van der Waals surface area contributed by atoms with Gasteiger partial charge in [0, 0.05) is 17.1 Å². The van der Waals surface area contributed by atoms with Crippen molar-refractivity contribution in [2.45, 2.75) is 6.42 Å². The summed E-state index contributed by atoms with van der Waals surface area (Å²) in [6.45, 7) is 0. The van der Waals surface area contributed by atoms with E-state index in [-0.39, 0.29) is 12.3 Å². The number of ether oxygens (including phenoxy) is 1. The highest BCUT2D eigenvalue weighted by molar-refractivity contribution is 5.98. The number of methoxy groups -OCH3 is 1. The Morgan fingerprint density at radius 3 is 2.62 bits per heavy atom. The number of amides is 2. The lowest BCUT2D eigenvalue weighted by Crippen LogP contribution is -2.42. The normalized spacial score (nSPS) is 10.4. The number of carbonyl (C=O) groups excluding carboxylic acids is 2.